The number of carboxylic acids is 1. The molecule has 34 heavy (non-hydrogen) atoms. The third-order valence-corrected chi connectivity index (χ3v) is 5.27. The molecule has 3 aromatic rings. The number of aliphatic carboxylic acids is 1. The van der Waals surface area contributed by atoms with Crippen LogP contribution in [0.4, 0.5) is 0 Å². The van der Waals surface area contributed by atoms with Crippen LogP contribution in [0, 0.1) is 0 Å². The third-order valence-electron chi connectivity index (χ3n) is 5.27. The lowest BCUT2D eigenvalue weighted by Gasteiger charge is -2.23. The Balaban J connectivity index is 1.68. The van der Waals surface area contributed by atoms with Crippen molar-refractivity contribution in [1.82, 2.24) is 10.6 Å². The van der Waals surface area contributed by atoms with Gasteiger partial charge >= 0.3 is 11.9 Å². The van der Waals surface area contributed by atoms with E-state index in [0.717, 1.165) is 11.1 Å². The molecular weight excluding hydrogens is 432 g/mol. The van der Waals surface area contributed by atoms with Gasteiger partial charge in [0.25, 0.3) is 0 Å². The highest BCUT2D eigenvalue weighted by molar-refractivity contribution is 5.88. The van der Waals surface area contributed by atoms with Crippen LogP contribution in [0.5, 0.6) is 5.75 Å². The number of hydrogen-bond acceptors (Lipinski definition) is 5. The van der Waals surface area contributed by atoms with E-state index in [0.29, 0.717) is 5.75 Å². The molecule has 3 aromatic carbocycles. The summed E-state index contributed by atoms with van der Waals surface area (Å²) in [4.78, 5) is 37.6. The lowest BCUT2D eigenvalue weighted by Crippen LogP contribution is -2.54. The summed E-state index contributed by atoms with van der Waals surface area (Å²) in [5.41, 5.74) is 1.69. The molecule has 3 N–H and O–H groups in total. The normalized spacial score (nSPS) is 13.3. The van der Waals surface area contributed by atoms with Crippen molar-refractivity contribution in [3.05, 3.63) is 102 Å². The molecule has 0 aliphatic carbocycles. The van der Waals surface area contributed by atoms with E-state index < -0.39 is 36.0 Å². The average Bonchev–Trinajstić information content (AvgIpc) is 2.85. The Bertz CT molecular complexity index is 1070. The maximum absolute atomic E-state index is 12.9. The first kappa shape index (κ1) is 24.7. The molecule has 0 saturated heterocycles. The number of nitrogens with one attached hydrogen (secondary N) is 2. The lowest BCUT2D eigenvalue weighted by molar-refractivity contribution is -0.141. The van der Waals surface area contributed by atoms with E-state index in [9.17, 15) is 19.5 Å². The second-order valence-electron chi connectivity index (χ2n) is 7.95. The zero-order chi connectivity index (χ0) is 24.3. The van der Waals surface area contributed by atoms with Crippen LogP contribution in [0.2, 0.25) is 0 Å². The van der Waals surface area contributed by atoms with Gasteiger partial charge in [-0.15, -0.1) is 0 Å². The highest BCUT2D eigenvalue weighted by Gasteiger charge is 2.28. The summed E-state index contributed by atoms with van der Waals surface area (Å²) in [5, 5.41) is 15.2. The van der Waals surface area contributed by atoms with Gasteiger partial charge in [0, 0.05) is 6.42 Å². The predicted molar refractivity (Wildman–Crippen MR) is 128 cm³/mol. The number of benzene rings is 3. The topological polar surface area (TPSA) is 105 Å². The zero-order valence-corrected chi connectivity index (χ0v) is 18.9. The van der Waals surface area contributed by atoms with E-state index in [4.69, 9.17) is 4.74 Å². The number of ether oxygens (including phenoxy) is 1. The van der Waals surface area contributed by atoms with Crippen LogP contribution in [0.1, 0.15) is 18.1 Å². The molecule has 7 heteroatoms. The van der Waals surface area contributed by atoms with E-state index in [1.54, 1.807) is 31.2 Å². The van der Waals surface area contributed by atoms with Gasteiger partial charge in [-0.3, -0.25) is 14.9 Å². The molecule has 0 aromatic heterocycles. The molecule has 0 bridgehead atoms. The first-order valence-corrected chi connectivity index (χ1v) is 11.1. The number of para-hydroxylation sites is 1. The van der Waals surface area contributed by atoms with Gasteiger partial charge in [-0.1, -0.05) is 78.9 Å². The second-order valence-corrected chi connectivity index (χ2v) is 7.95. The Morgan fingerprint density at radius 1 is 0.765 bits per heavy atom. The number of rotatable bonds is 11. The largest absolute Gasteiger partial charge is 0.480 e. The fourth-order valence-corrected chi connectivity index (χ4v) is 3.46. The van der Waals surface area contributed by atoms with E-state index >= 15 is 0 Å². The van der Waals surface area contributed by atoms with Crippen LogP contribution in [0.15, 0.2) is 91.0 Å². The van der Waals surface area contributed by atoms with Gasteiger partial charge < -0.3 is 15.2 Å². The van der Waals surface area contributed by atoms with Crippen LogP contribution in [0.25, 0.3) is 0 Å². The van der Waals surface area contributed by atoms with Gasteiger partial charge in [0.15, 0.2) is 0 Å². The average molecular weight is 461 g/mol. The zero-order valence-electron chi connectivity index (χ0n) is 18.9. The minimum Gasteiger partial charge on any atom is -0.480 e. The molecule has 3 atom stereocenters. The molecule has 7 nitrogen and oxygen atoms in total. The van der Waals surface area contributed by atoms with Crippen molar-refractivity contribution in [2.75, 3.05) is 0 Å². The molecule has 1 unspecified atom stereocenters. The van der Waals surface area contributed by atoms with Crippen molar-refractivity contribution >= 4 is 17.8 Å². The molecule has 0 radical (unpaired) electrons. The van der Waals surface area contributed by atoms with Crippen LogP contribution in [0.3, 0.4) is 0 Å². The number of hydrogen-bond donors (Lipinski definition) is 3. The standard InChI is InChI=1S/C27H28N2O5/c1-19(28-23(26(31)32)17-20-11-5-2-6-12-20)25(30)29-24(18-21-13-7-3-8-14-21)27(33)34-22-15-9-4-10-16-22/h2-16,19,23-24,28H,17-18H2,1H3,(H,29,30)(H,31,32)/t19-,23?,24-/m0/s1. The summed E-state index contributed by atoms with van der Waals surface area (Å²) in [5.74, 6) is -1.78. The van der Waals surface area contributed by atoms with Crippen molar-refractivity contribution in [2.45, 2.75) is 37.9 Å². The smallest absolute Gasteiger partial charge is 0.334 e. The molecular formula is C27H28N2O5. The Morgan fingerprint density at radius 2 is 1.24 bits per heavy atom. The lowest BCUT2D eigenvalue weighted by atomic mass is 10.0. The predicted octanol–water partition coefficient (Wildman–Crippen LogP) is 2.99. The molecule has 3 rings (SSSR count). The van der Waals surface area contributed by atoms with Crippen LogP contribution in [-0.2, 0) is 27.2 Å². The quantitative estimate of drug-likeness (QED) is 0.300. The fraction of sp³-hybridized carbons (Fsp3) is 0.222. The van der Waals surface area contributed by atoms with Gasteiger partial charge in [-0.05, 0) is 36.6 Å². The van der Waals surface area contributed by atoms with E-state index in [-0.39, 0.29) is 12.8 Å². The van der Waals surface area contributed by atoms with Gasteiger partial charge in [-0.25, -0.2) is 4.79 Å². The maximum Gasteiger partial charge on any atom is 0.334 e. The summed E-state index contributed by atoms with van der Waals surface area (Å²) < 4.78 is 5.46. The van der Waals surface area contributed by atoms with Crippen molar-refractivity contribution < 1.29 is 24.2 Å². The number of amides is 1. The van der Waals surface area contributed by atoms with Crippen molar-refractivity contribution in [1.29, 1.82) is 0 Å². The number of carbonyl (C=O) groups is 3. The van der Waals surface area contributed by atoms with Gasteiger partial charge in [-0.2, -0.15) is 0 Å². The van der Waals surface area contributed by atoms with E-state index in [1.165, 1.54) is 0 Å². The van der Waals surface area contributed by atoms with Gasteiger partial charge in [0.2, 0.25) is 5.91 Å². The third kappa shape index (κ3) is 7.56. The molecule has 0 aliphatic heterocycles. The van der Waals surface area contributed by atoms with Crippen molar-refractivity contribution in [3.8, 4) is 5.75 Å². The van der Waals surface area contributed by atoms with Gasteiger partial charge in [0.1, 0.15) is 17.8 Å². The molecule has 0 fully saturated rings. The molecule has 0 heterocycles. The summed E-state index contributed by atoms with van der Waals surface area (Å²) in [6.07, 6.45) is 0.453. The van der Waals surface area contributed by atoms with Crippen molar-refractivity contribution in [2.24, 2.45) is 0 Å². The van der Waals surface area contributed by atoms with E-state index in [2.05, 4.69) is 10.6 Å². The Morgan fingerprint density at radius 3 is 1.74 bits per heavy atom. The summed E-state index contributed by atoms with van der Waals surface area (Å²) >= 11 is 0. The first-order valence-electron chi connectivity index (χ1n) is 11.1. The monoisotopic (exact) mass is 460 g/mol. The maximum atomic E-state index is 12.9. The summed E-state index contributed by atoms with van der Waals surface area (Å²) in [6, 6.07) is 24.3. The molecule has 0 aliphatic rings. The minimum atomic E-state index is -1.06. The van der Waals surface area contributed by atoms with Crippen LogP contribution >= 0.6 is 0 Å². The minimum absolute atomic E-state index is 0.220. The number of esters is 1. The van der Waals surface area contributed by atoms with Crippen LogP contribution in [-0.4, -0.2) is 41.1 Å². The van der Waals surface area contributed by atoms with E-state index in [1.807, 2.05) is 66.7 Å². The summed E-state index contributed by atoms with van der Waals surface area (Å²) in [6.45, 7) is 1.57. The highest BCUT2D eigenvalue weighted by atomic mass is 16.5. The van der Waals surface area contributed by atoms with Crippen molar-refractivity contribution in [3.63, 3.8) is 0 Å². The second kappa shape index (κ2) is 12.3. The van der Waals surface area contributed by atoms with Crippen LogP contribution < -0.4 is 15.4 Å². The highest BCUT2D eigenvalue weighted by Crippen LogP contribution is 2.12. The number of carbonyl (C=O) groups excluding carboxylic acids is 2. The van der Waals surface area contributed by atoms with Gasteiger partial charge in [0.05, 0.1) is 6.04 Å². The molecule has 0 saturated carbocycles. The molecule has 176 valence electrons. The Kier molecular flexibility index (Phi) is 8.94. The molecule has 1 amide bonds. The molecule has 0 spiro atoms. The first-order chi connectivity index (χ1) is 16.4. The fourth-order valence-electron chi connectivity index (χ4n) is 3.46. The number of carboxylic acid groups (broad SMARTS) is 1. The summed E-state index contributed by atoms with van der Waals surface area (Å²) in [7, 11) is 0. The Labute approximate surface area is 198 Å². The Hall–Kier alpha value is -3.97. The SMILES string of the molecule is C[C@H](NC(Cc1ccccc1)C(=O)O)C(=O)N[C@@H](Cc1ccccc1)C(=O)Oc1ccccc1.